The third-order valence-corrected chi connectivity index (χ3v) is 6.66. The Bertz CT molecular complexity index is 1090. The fourth-order valence-corrected chi connectivity index (χ4v) is 5.39. The van der Waals surface area contributed by atoms with Crippen LogP contribution in [0.1, 0.15) is 49.4 Å². The van der Waals surface area contributed by atoms with Crippen molar-refractivity contribution in [3.63, 3.8) is 0 Å². The van der Waals surface area contributed by atoms with Crippen LogP contribution in [0.5, 0.6) is 0 Å². The molecule has 2 heterocycles. The van der Waals surface area contributed by atoms with E-state index in [-0.39, 0.29) is 4.90 Å². The molecule has 0 aliphatic heterocycles. The highest BCUT2D eigenvalue weighted by molar-refractivity contribution is 7.89. The fraction of sp³-hybridized carbons (Fsp3) is 0.421. The Morgan fingerprint density at radius 1 is 1.15 bits per heavy atom. The molecule has 0 saturated heterocycles. The van der Waals surface area contributed by atoms with Crippen molar-refractivity contribution in [1.82, 2.24) is 19.8 Å². The maximum atomic E-state index is 13.3. The summed E-state index contributed by atoms with van der Waals surface area (Å²) >= 11 is 0. The minimum atomic E-state index is -3.83. The fourth-order valence-electron chi connectivity index (χ4n) is 3.79. The van der Waals surface area contributed by atoms with E-state index in [2.05, 4.69) is 19.8 Å². The van der Waals surface area contributed by atoms with Crippen LogP contribution in [0.4, 0.5) is 0 Å². The first-order valence-electron chi connectivity index (χ1n) is 9.10. The van der Waals surface area contributed by atoms with Gasteiger partial charge in [0.05, 0.1) is 11.1 Å². The van der Waals surface area contributed by atoms with E-state index in [0.29, 0.717) is 30.1 Å². The van der Waals surface area contributed by atoms with Crippen LogP contribution in [0.25, 0.3) is 10.9 Å². The lowest BCUT2D eigenvalue weighted by Crippen LogP contribution is -2.48. The Labute approximate surface area is 158 Å². The largest absolute Gasteiger partial charge is 0.340 e. The molecule has 3 aromatic rings. The standard InChI is InChI=1S/C19H22N4O3S/c1-13-11-15-7-6-8-16(17(15)20-12-13)27(24,25)23-19(9-4-3-5-10-19)18-21-14(2)26-22-18/h6-8,11-12,23H,3-5,9-10H2,1-2H3. The highest BCUT2D eigenvalue weighted by Crippen LogP contribution is 2.37. The summed E-state index contributed by atoms with van der Waals surface area (Å²) < 4.78 is 34.7. The van der Waals surface area contributed by atoms with Gasteiger partial charge in [-0.15, -0.1) is 0 Å². The van der Waals surface area contributed by atoms with E-state index in [0.717, 1.165) is 30.2 Å². The number of aryl methyl sites for hydroxylation is 2. The van der Waals surface area contributed by atoms with Crippen molar-refractivity contribution >= 4 is 20.9 Å². The van der Waals surface area contributed by atoms with E-state index < -0.39 is 15.6 Å². The number of fused-ring (bicyclic) bond motifs is 1. The lowest BCUT2D eigenvalue weighted by atomic mass is 9.82. The average Bonchev–Trinajstić information content (AvgIpc) is 3.08. The number of nitrogens with one attached hydrogen (secondary N) is 1. The van der Waals surface area contributed by atoms with E-state index in [4.69, 9.17) is 4.52 Å². The number of rotatable bonds is 4. The molecule has 0 spiro atoms. The van der Waals surface area contributed by atoms with Crippen molar-refractivity contribution < 1.29 is 12.9 Å². The number of aromatic nitrogens is 3. The van der Waals surface area contributed by atoms with Crippen LogP contribution in [0.15, 0.2) is 39.9 Å². The molecule has 1 aliphatic rings. The van der Waals surface area contributed by atoms with Crippen molar-refractivity contribution in [3.8, 4) is 0 Å². The van der Waals surface area contributed by atoms with Crippen molar-refractivity contribution in [2.24, 2.45) is 0 Å². The average molecular weight is 386 g/mol. The molecule has 0 amide bonds. The van der Waals surface area contributed by atoms with Crippen molar-refractivity contribution in [2.45, 2.75) is 56.4 Å². The normalized spacial score (nSPS) is 17.3. The van der Waals surface area contributed by atoms with Crippen LogP contribution in [-0.2, 0) is 15.6 Å². The predicted octanol–water partition coefficient (Wildman–Crippen LogP) is 3.37. The number of sulfonamides is 1. The quantitative estimate of drug-likeness (QED) is 0.738. The lowest BCUT2D eigenvalue weighted by Gasteiger charge is -2.34. The lowest BCUT2D eigenvalue weighted by molar-refractivity contribution is 0.248. The van der Waals surface area contributed by atoms with Crippen LogP contribution in [-0.4, -0.2) is 23.5 Å². The molecule has 1 fully saturated rings. The van der Waals surface area contributed by atoms with Crippen LogP contribution in [0.2, 0.25) is 0 Å². The van der Waals surface area contributed by atoms with E-state index in [9.17, 15) is 8.42 Å². The van der Waals surface area contributed by atoms with Gasteiger partial charge in [-0.3, -0.25) is 4.98 Å². The number of hydrogen-bond acceptors (Lipinski definition) is 6. The van der Waals surface area contributed by atoms with Crippen LogP contribution < -0.4 is 4.72 Å². The van der Waals surface area contributed by atoms with Gasteiger partial charge in [0.2, 0.25) is 15.9 Å². The van der Waals surface area contributed by atoms with Crippen molar-refractivity contribution in [1.29, 1.82) is 0 Å². The summed E-state index contributed by atoms with van der Waals surface area (Å²) in [6.45, 7) is 3.64. The summed E-state index contributed by atoms with van der Waals surface area (Å²) in [7, 11) is -3.83. The zero-order valence-corrected chi connectivity index (χ0v) is 16.2. The number of para-hydroxylation sites is 1. The molecule has 1 N–H and O–H groups in total. The van der Waals surface area contributed by atoms with E-state index >= 15 is 0 Å². The van der Waals surface area contributed by atoms with Gasteiger partial charge in [0, 0.05) is 18.5 Å². The highest BCUT2D eigenvalue weighted by Gasteiger charge is 2.42. The third-order valence-electron chi connectivity index (χ3n) is 5.09. The summed E-state index contributed by atoms with van der Waals surface area (Å²) in [4.78, 5) is 8.88. The van der Waals surface area contributed by atoms with Gasteiger partial charge in [-0.05, 0) is 37.5 Å². The minimum absolute atomic E-state index is 0.171. The number of hydrogen-bond donors (Lipinski definition) is 1. The van der Waals surface area contributed by atoms with E-state index in [1.54, 1.807) is 25.3 Å². The molecule has 7 nitrogen and oxygen atoms in total. The third kappa shape index (κ3) is 3.35. The molecule has 27 heavy (non-hydrogen) atoms. The minimum Gasteiger partial charge on any atom is -0.340 e. The molecule has 0 bridgehead atoms. The highest BCUT2D eigenvalue weighted by atomic mass is 32.2. The molecule has 0 unspecified atom stereocenters. The van der Waals surface area contributed by atoms with E-state index in [1.807, 2.05) is 19.1 Å². The molecule has 4 rings (SSSR count). The molecule has 2 aromatic heterocycles. The smallest absolute Gasteiger partial charge is 0.243 e. The first-order chi connectivity index (χ1) is 12.9. The number of nitrogens with zero attached hydrogens (tertiary/aromatic N) is 3. The zero-order valence-electron chi connectivity index (χ0n) is 15.4. The first kappa shape index (κ1) is 18.1. The Morgan fingerprint density at radius 3 is 2.63 bits per heavy atom. The van der Waals surface area contributed by atoms with Gasteiger partial charge < -0.3 is 4.52 Å². The Kier molecular flexibility index (Phi) is 4.47. The van der Waals surface area contributed by atoms with Gasteiger partial charge in [0.25, 0.3) is 0 Å². The Morgan fingerprint density at radius 2 is 1.93 bits per heavy atom. The van der Waals surface area contributed by atoms with Crippen molar-refractivity contribution in [2.75, 3.05) is 0 Å². The second kappa shape index (κ2) is 6.69. The summed E-state index contributed by atoms with van der Waals surface area (Å²) in [5, 5.41) is 4.83. The predicted molar refractivity (Wildman–Crippen MR) is 101 cm³/mol. The SMILES string of the molecule is Cc1cnc2c(S(=O)(=O)NC3(c4noc(C)n4)CCCCC3)cccc2c1. The number of benzene rings is 1. The zero-order chi connectivity index (χ0) is 19.1. The topological polar surface area (TPSA) is 98.0 Å². The van der Waals surface area contributed by atoms with E-state index in [1.165, 1.54) is 0 Å². The van der Waals surface area contributed by atoms with Gasteiger partial charge in [0.15, 0.2) is 5.82 Å². The molecular weight excluding hydrogens is 364 g/mol. The second-order valence-electron chi connectivity index (χ2n) is 7.23. The van der Waals surface area contributed by atoms with Gasteiger partial charge in [-0.25, -0.2) is 8.42 Å². The number of pyridine rings is 1. The molecule has 1 aromatic carbocycles. The van der Waals surface area contributed by atoms with Crippen molar-refractivity contribution in [3.05, 3.63) is 47.7 Å². The summed E-state index contributed by atoms with van der Waals surface area (Å²) in [6.07, 6.45) is 5.84. The molecule has 142 valence electrons. The van der Waals surface area contributed by atoms with Gasteiger partial charge in [-0.2, -0.15) is 9.71 Å². The Balaban J connectivity index is 1.79. The molecule has 0 atom stereocenters. The van der Waals surface area contributed by atoms with Crippen LogP contribution >= 0.6 is 0 Å². The summed E-state index contributed by atoms with van der Waals surface area (Å²) in [6, 6.07) is 7.13. The van der Waals surface area contributed by atoms with Gasteiger partial charge in [0.1, 0.15) is 4.90 Å². The monoisotopic (exact) mass is 386 g/mol. The second-order valence-corrected chi connectivity index (χ2v) is 8.88. The molecule has 1 aliphatic carbocycles. The van der Waals surface area contributed by atoms with Gasteiger partial charge in [-0.1, -0.05) is 36.6 Å². The summed E-state index contributed by atoms with van der Waals surface area (Å²) in [5.74, 6) is 0.837. The molecule has 8 heteroatoms. The molecule has 0 radical (unpaired) electrons. The first-order valence-corrected chi connectivity index (χ1v) is 10.6. The summed E-state index contributed by atoms with van der Waals surface area (Å²) in [5.41, 5.74) is 0.601. The molecular formula is C19H22N4O3S. The Hall–Kier alpha value is -2.32. The van der Waals surface area contributed by atoms with Crippen LogP contribution in [0, 0.1) is 13.8 Å². The maximum absolute atomic E-state index is 13.3. The van der Waals surface area contributed by atoms with Gasteiger partial charge >= 0.3 is 0 Å². The maximum Gasteiger partial charge on any atom is 0.243 e. The van der Waals surface area contributed by atoms with Crippen LogP contribution in [0.3, 0.4) is 0 Å². The molecule has 1 saturated carbocycles.